The van der Waals surface area contributed by atoms with Gasteiger partial charge in [-0.25, -0.2) is 0 Å². The molecule has 0 atom stereocenters. The molecule has 2 amide bonds. The third kappa shape index (κ3) is 3.82. The molecule has 0 radical (unpaired) electrons. The number of carbonyl (C=O) groups is 2. The smallest absolute Gasteiger partial charge is 0.269 e. The first kappa shape index (κ1) is 15.0. The quantitative estimate of drug-likeness (QED) is 0.833. The van der Waals surface area contributed by atoms with Crippen LogP contribution in [-0.4, -0.2) is 25.0 Å². The molecule has 1 aliphatic rings. The van der Waals surface area contributed by atoms with Crippen molar-refractivity contribution >= 4 is 11.8 Å². The first-order chi connectivity index (χ1) is 11.2. The van der Waals surface area contributed by atoms with Gasteiger partial charge in [-0.05, 0) is 30.3 Å². The van der Waals surface area contributed by atoms with E-state index < -0.39 is 5.91 Å². The first-order valence-corrected chi connectivity index (χ1v) is 7.23. The molecule has 0 unspecified atom stereocenters. The van der Waals surface area contributed by atoms with E-state index in [0.29, 0.717) is 36.7 Å². The SMILES string of the molecule is O=C(CCc1ccco1)NNC(=O)c1ccc2c(c1)OCCO2. The number of aryl methyl sites for hydroxylation is 1. The lowest BCUT2D eigenvalue weighted by Gasteiger charge is -2.18. The number of nitrogens with one attached hydrogen (secondary N) is 2. The highest BCUT2D eigenvalue weighted by atomic mass is 16.6. The molecule has 0 saturated carbocycles. The summed E-state index contributed by atoms with van der Waals surface area (Å²) >= 11 is 0. The number of rotatable bonds is 4. The maximum atomic E-state index is 12.0. The summed E-state index contributed by atoms with van der Waals surface area (Å²) in [4.78, 5) is 23.7. The second kappa shape index (κ2) is 6.87. The summed E-state index contributed by atoms with van der Waals surface area (Å²) in [5, 5.41) is 0. The fraction of sp³-hybridized carbons (Fsp3) is 0.250. The zero-order chi connectivity index (χ0) is 16.1. The Kier molecular flexibility index (Phi) is 4.46. The van der Waals surface area contributed by atoms with Gasteiger partial charge in [0, 0.05) is 18.4 Å². The third-order valence-corrected chi connectivity index (χ3v) is 3.30. The molecule has 0 fully saturated rings. The number of benzene rings is 1. The summed E-state index contributed by atoms with van der Waals surface area (Å²) in [7, 11) is 0. The van der Waals surface area contributed by atoms with Crippen LogP contribution in [0.5, 0.6) is 11.5 Å². The molecular weight excluding hydrogens is 300 g/mol. The van der Waals surface area contributed by atoms with Gasteiger partial charge in [-0.15, -0.1) is 0 Å². The van der Waals surface area contributed by atoms with E-state index in [9.17, 15) is 9.59 Å². The summed E-state index contributed by atoms with van der Waals surface area (Å²) in [5.74, 6) is 1.13. The average Bonchev–Trinajstić information content (AvgIpc) is 3.11. The zero-order valence-electron chi connectivity index (χ0n) is 12.3. The van der Waals surface area contributed by atoms with Crippen LogP contribution >= 0.6 is 0 Å². The summed E-state index contributed by atoms with van der Waals surface area (Å²) in [6, 6.07) is 8.41. The van der Waals surface area contributed by atoms with E-state index in [0.717, 1.165) is 5.76 Å². The van der Waals surface area contributed by atoms with Crippen LogP contribution in [0.25, 0.3) is 0 Å². The number of fused-ring (bicyclic) bond motifs is 1. The van der Waals surface area contributed by atoms with Crippen LogP contribution in [0.4, 0.5) is 0 Å². The van der Waals surface area contributed by atoms with E-state index in [1.165, 1.54) is 0 Å². The highest BCUT2D eigenvalue weighted by Crippen LogP contribution is 2.30. The Morgan fingerprint density at radius 2 is 1.87 bits per heavy atom. The number of furan rings is 1. The normalized spacial score (nSPS) is 12.5. The second-order valence-electron chi connectivity index (χ2n) is 4.94. The molecule has 7 heteroatoms. The number of hydrogen-bond acceptors (Lipinski definition) is 5. The average molecular weight is 316 g/mol. The predicted molar refractivity (Wildman–Crippen MR) is 80.1 cm³/mol. The lowest BCUT2D eigenvalue weighted by Crippen LogP contribution is -2.41. The number of hydrogen-bond donors (Lipinski definition) is 2. The fourth-order valence-electron chi connectivity index (χ4n) is 2.14. The molecule has 0 aliphatic carbocycles. The van der Waals surface area contributed by atoms with Crippen molar-refractivity contribution in [1.29, 1.82) is 0 Å². The summed E-state index contributed by atoms with van der Waals surface area (Å²) in [6.45, 7) is 0.936. The van der Waals surface area contributed by atoms with Crippen LogP contribution in [0.1, 0.15) is 22.5 Å². The van der Waals surface area contributed by atoms with Crippen LogP contribution in [0.15, 0.2) is 41.0 Å². The Hall–Kier alpha value is -2.96. The standard InChI is InChI=1S/C16H16N2O5/c19-15(6-4-12-2-1-7-21-12)17-18-16(20)11-3-5-13-14(10-11)23-9-8-22-13/h1-3,5,7,10H,4,6,8-9H2,(H,17,19)(H,18,20). The Morgan fingerprint density at radius 1 is 1.04 bits per heavy atom. The Morgan fingerprint density at radius 3 is 2.65 bits per heavy atom. The van der Waals surface area contributed by atoms with E-state index in [-0.39, 0.29) is 12.3 Å². The predicted octanol–water partition coefficient (Wildman–Crippen LogP) is 1.44. The molecule has 120 valence electrons. The largest absolute Gasteiger partial charge is 0.486 e. The van der Waals surface area contributed by atoms with Gasteiger partial charge < -0.3 is 13.9 Å². The van der Waals surface area contributed by atoms with E-state index in [1.807, 2.05) is 0 Å². The number of amides is 2. The van der Waals surface area contributed by atoms with Gasteiger partial charge in [-0.1, -0.05) is 0 Å². The number of ether oxygens (including phenoxy) is 2. The van der Waals surface area contributed by atoms with Gasteiger partial charge in [0.05, 0.1) is 6.26 Å². The monoisotopic (exact) mass is 316 g/mol. The lowest BCUT2D eigenvalue weighted by atomic mass is 10.2. The Balaban J connectivity index is 1.50. The second-order valence-corrected chi connectivity index (χ2v) is 4.94. The first-order valence-electron chi connectivity index (χ1n) is 7.23. The highest BCUT2D eigenvalue weighted by Gasteiger charge is 2.15. The van der Waals surface area contributed by atoms with Crippen molar-refractivity contribution in [2.75, 3.05) is 13.2 Å². The molecule has 0 bridgehead atoms. The van der Waals surface area contributed by atoms with Gasteiger partial charge in [0.2, 0.25) is 5.91 Å². The maximum Gasteiger partial charge on any atom is 0.269 e. The van der Waals surface area contributed by atoms with Gasteiger partial charge in [0.15, 0.2) is 11.5 Å². The van der Waals surface area contributed by atoms with E-state index in [1.54, 1.807) is 36.6 Å². The third-order valence-electron chi connectivity index (χ3n) is 3.30. The minimum atomic E-state index is -0.423. The van der Waals surface area contributed by atoms with E-state index >= 15 is 0 Å². The van der Waals surface area contributed by atoms with Crippen molar-refractivity contribution in [1.82, 2.24) is 10.9 Å². The van der Waals surface area contributed by atoms with Gasteiger partial charge in [-0.2, -0.15) is 0 Å². The molecule has 1 aliphatic heterocycles. The molecule has 3 rings (SSSR count). The summed E-state index contributed by atoms with van der Waals surface area (Å²) in [6.07, 6.45) is 2.24. The van der Waals surface area contributed by atoms with Crippen molar-refractivity contribution in [2.24, 2.45) is 0 Å². The van der Waals surface area contributed by atoms with Gasteiger partial charge in [0.1, 0.15) is 19.0 Å². The maximum absolute atomic E-state index is 12.0. The van der Waals surface area contributed by atoms with Gasteiger partial charge >= 0.3 is 0 Å². The van der Waals surface area contributed by atoms with Crippen LogP contribution in [0.3, 0.4) is 0 Å². The molecular formula is C16H16N2O5. The number of carbonyl (C=O) groups excluding carboxylic acids is 2. The molecule has 23 heavy (non-hydrogen) atoms. The van der Waals surface area contributed by atoms with Crippen molar-refractivity contribution in [3.8, 4) is 11.5 Å². The molecule has 2 N–H and O–H groups in total. The van der Waals surface area contributed by atoms with Crippen LogP contribution in [-0.2, 0) is 11.2 Å². The molecule has 1 aromatic carbocycles. The Labute approximate surface area is 132 Å². The number of hydrazine groups is 1. The van der Waals surface area contributed by atoms with E-state index in [2.05, 4.69) is 10.9 Å². The molecule has 0 saturated heterocycles. The van der Waals surface area contributed by atoms with E-state index in [4.69, 9.17) is 13.9 Å². The molecule has 1 aromatic heterocycles. The molecule has 2 aromatic rings. The Bertz CT molecular complexity index is 697. The topological polar surface area (TPSA) is 89.8 Å². The molecule has 7 nitrogen and oxygen atoms in total. The molecule has 0 spiro atoms. The van der Waals surface area contributed by atoms with Crippen molar-refractivity contribution in [2.45, 2.75) is 12.8 Å². The minimum absolute atomic E-state index is 0.217. The van der Waals surface area contributed by atoms with Crippen LogP contribution < -0.4 is 20.3 Å². The van der Waals surface area contributed by atoms with Gasteiger partial charge in [0.25, 0.3) is 5.91 Å². The van der Waals surface area contributed by atoms with Crippen LogP contribution in [0.2, 0.25) is 0 Å². The van der Waals surface area contributed by atoms with Crippen molar-refractivity contribution < 1.29 is 23.5 Å². The lowest BCUT2D eigenvalue weighted by molar-refractivity contribution is -0.121. The highest BCUT2D eigenvalue weighted by molar-refractivity contribution is 5.96. The zero-order valence-corrected chi connectivity index (χ0v) is 12.3. The van der Waals surface area contributed by atoms with Crippen molar-refractivity contribution in [3.63, 3.8) is 0 Å². The fourth-order valence-corrected chi connectivity index (χ4v) is 2.14. The van der Waals surface area contributed by atoms with Gasteiger partial charge in [-0.3, -0.25) is 20.4 Å². The van der Waals surface area contributed by atoms with Crippen molar-refractivity contribution in [3.05, 3.63) is 47.9 Å². The summed E-state index contributed by atoms with van der Waals surface area (Å²) < 4.78 is 15.9. The van der Waals surface area contributed by atoms with Crippen LogP contribution in [0, 0.1) is 0 Å². The molecule has 2 heterocycles. The summed E-state index contributed by atoms with van der Waals surface area (Å²) in [5.41, 5.74) is 5.12. The minimum Gasteiger partial charge on any atom is -0.486 e.